The molecule has 3 N–H and O–H groups in total. The summed E-state index contributed by atoms with van der Waals surface area (Å²) in [5.74, 6) is -2.95. The van der Waals surface area contributed by atoms with Gasteiger partial charge < -0.3 is 25.2 Å². The lowest BCUT2D eigenvalue weighted by Gasteiger charge is -2.27. The van der Waals surface area contributed by atoms with Crippen molar-refractivity contribution in [3.63, 3.8) is 0 Å². The molecule has 2 aromatic rings. The lowest BCUT2D eigenvalue weighted by Crippen LogP contribution is -2.54. The largest absolute Gasteiger partial charge is 0.481 e. The van der Waals surface area contributed by atoms with Gasteiger partial charge in [-0.15, -0.1) is 0 Å². The second-order valence-electron chi connectivity index (χ2n) is 10.7. The van der Waals surface area contributed by atoms with Gasteiger partial charge in [0.05, 0.1) is 0 Å². The van der Waals surface area contributed by atoms with Crippen LogP contribution in [0.5, 0.6) is 0 Å². The first-order chi connectivity index (χ1) is 17.9. The Kier molecular flexibility index (Phi) is 9.14. The summed E-state index contributed by atoms with van der Waals surface area (Å²) in [6.45, 7) is 8.61. The molecule has 0 saturated heterocycles. The monoisotopic (exact) mass is 524 g/mol. The minimum absolute atomic E-state index is 0.0887. The molecule has 0 fully saturated rings. The maximum absolute atomic E-state index is 13.1. The number of hydrogen-bond acceptors (Lipinski definition) is 6. The van der Waals surface area contributed by atoms with E-state index in [1.54, 1.807) is 34.6 Å². The standard InChI is InChI=1S/C29H36N2O7/c1-17(2)25(26(34)30-23(14-15-24(32)33)27(35)38-29(3,4)5)31-28(36)37-16-22-20-12-8-6-10-18(20)19-11-7-9-13-21(19)22/h6-13,17,22-23,25H,14-16H2,1-5H3,(H,30,34)(H,31,36)(H,32,33)/t23-,25?/m0/s1. The van der Waals surface area contributed by atoms with Crippen molar-refractivity contribution < 1.29 is 33.8 Å². The molecule has 3 rings (SSSR count). The van der Waals surface area contributed by atoms with Gasteiger partial charge in [-0.05, 0) is 55.4 Å². The highest BCUT2D eigenvalue weighted by atomic mass is 16.6. The number of carboxylic acids is 1. The van der Waals surface area contributed by atoms with Crippen LogP contribution in [-0.4, -0.2) is 53.3 Å². The first-order valence-corrected chi connectivity index (χ1v) is 12.7. The number of amides is 2. The fourth-order valence-corrected chi connectivity index (χ4v) is 4.45. The van der Waals surface area contributed by atoms with E-state index in [1.807, 2.05) is 48.5 Å². The van der Waals surface area contributed by atoms with E-state index in [0.29, 0.717) is 0 Å². The number of benzene rings is 2. The Bertz CT molecular complexity index is 1140. The minimum Gasteiger partial charge on any atom is -0.481 e. The number of carboxylic acid groups (broad SMARTS) is 1. The van der Waals surface area contributed by atoms with Crippen molar-refractivity contribution in [2.45, 2.75) is 71.1 Å². The molecule has 204 valence electrons. The number of fused-ring (bicyclic) bond motifs is 3. The fraction of sp³-hybridized carbons (Fsp3) is 0.448. The Morgan fingerprint density at radius 2 is 1.47 bits per heavy atom. The zero-order chi connectivity index (χ0) is 28.0. The highest BCUT2D eigenvalue weighted by Gasteiger charge is 2.33. The zero-order valence-corrected chi connectivity index (χ0v) is 22.4. The number of carbonyl (C=O) groups is 4. The molecule has 0 radical (unpaired) electrons. The Balaban J connectivity index is 1.66. The van der Waals surface area contributed by atoms with Gasteiger partial charge in [0.2, 0.25) is 5.91 Å². The van der Waals surface area contributed by atoms with E-state index in [0.717, 1.165) is 22.3 Å². The van der Waals surface area contributed by atoms with E-state index in [4.69, 9.17) is 14.6 Å². The van der Waals surface area contributed by atoms with E-state index in [2.05, 4.69) is 10.6 Å². The summed E-state index contributed by atoms with van der Waals surface area (Å²) in [6.07, 6.45) is -1.25. The highest BCUT2D eigenvalue weighted by Crippen LogP contribution is 2.44. The van der Waals surface area contributed by atoms with Crippen LogP contribution in [0.1, 0.15) is 64.5 Å². The molecule has 1 aliphatic rings. The third-order valence-corrected chi connectivity index (χ3v) is 6.22. The van der Waals surface area contributed by atoms with Crippen LogP contribution >= 0.6 is 0 Å². The van der Waals surface area contributed by atoms with Gasteiger partial charge in [-0.3, -0.25) is 9.59 Å². The molecule has 2 atom stereocenters. The maximum Gasteiger partial charge on any atom is 0.407 e. The predicted molar refractivity (Wildman–Crippen MR) is 141 cm³/mol. The van der Waals surface area contributed by atoms with Gasteiger partial charge >= 0.3 is 18.0 Å². The van der Waals surface area contributed by atoms with Crippen molar-refractivity contribution in [2.75, 3.05) is 6.61 Å². The average Bonchev–Trinajstić information content (AvgIpc) is 3.16. The van der Waals surface area contributed by atoms with E-state index in [9.17, 15) is 19.2 Å². The van der Waals surface area contributed by atoms with Gasteiger partial charge in [-0.2, -0.15) is 0 Å². The van der Waals surface area contributed by atoms with Gasteiger partial charge in [0, 0.05) is 12.3 Å². The van der Waals surface area contributed by atoms with Gasteiger partial charge in [0.15, 0.2) is 0 Å². The third kappa shape index (κ3) is 7.34. The average molecular weight is 525 g/mol. The number of esters is 1. The summed E-state index contributed by atoms with van der Waals surface area (Å²) < 4.78 is 10.9. The number of alkyl carbamates (subject to hydrolysis) is 1. The number of rotatable bonds is 10. The zero-order valence-electron chi connectivity index (χ0n) is 22.4. The number of hydrogen-bond donors (Lipinski definition) is 3. The summed E-state index contributed by atoms with van der Waals surface area (Å²) in [7, 11) is 0. The van der Waals surface area contributed by atoms with Gasteiger partial charge in [-0.1, -0.05) is 62.4 Å². The van der Waals surface area contributed by atoms with Crippen LogP contribution in [0, 0.1) is 5.92 Å². The maximum atomic E-state index is 13.1. The Labute approximate surface area is 222 Å². The van der Waals surface area contributed by atoms with E-state index in [-0.39, 0.29) is 31.3 Å². The Hall–Kier alpha value is -3.88. The molecular weight excluding hydrogens is 488 g/mol. The van der Waals surface area contributed by atoms with Crippen molar-refractivity contribution in [2.24, 2.45) is 5.92 Å². The van der Waals surface area contributed by atoms with Crippen molar-refractivity contribution in [1.29, 1.82) is 0 Å². The first-order valence-electron chi connectivity index (χ1n) is 12.7. The number of aliphatic carboxylic acids is 1. The van der Waals surface area contributed by atoms with Gasteiger partial charge in [-0.25, -0.2) is 9.59 Å². The molecule has 9 nitrogen and oxygen atoms in total. The van der Waals surface area contributed by atoms with Crippen molar-refractivity contribution in [3.8, 4) is 11.1 Å². The highest BCUT2D eigenvalue weighted by molar-refractivity contribution is 5.90. The summed E-state index contributed by atoms with van der Waals surface area (Å²) >= 11 is 0. The van der Waals surface area contributed by atoms with Crippen LogP contribution < -0.4 is 10.6 Å². The topological polar surface area (TPSA) is 131 Å². The number of ether oxygens (including phenoxy) is 2. The van der Waals surface area contributed by atoms with Crippen molar-refractivity contribution in [3.05, 3.63) is 59.7 Å². The molecule has 0 saturated carbocycles. The summed E-state index contributed by atoms with van der Waals surface area (Å²) in [6, 6.07) is 13.8. The second kappa shape index (κ2) is 12.1. The summed E-state index contributed by atoms with van der Waals surface area (Å²) in [5, 5.41) is 14.2. The molecule has 0 aromatic heterocycles. The van der Waals surface area contributed by atoms with Crippen LogP contribution in [0.3, 0.4) is 0 Å². The summed E-state index contributed by atoms with van der Waals surface area (Å²) in [5.41, 5.74) is 3.52. The van der Waals surface area contributed by atoms with Crippen LogP contribution in [0.25, 0.3) is 11.1 Å². The van der Waals surface area contributed by atoms with Crippen molar-refractivity contribution >= 4 is 23.9 Å². The van der Waals surface area contributed by atoms with Crippen LogP contribution in [0.2, 0.25) is 0 Å². The summed E-state index contributed by atoms with van der Waals surface area (Å²) in [4.78, 5) is 49.6. The van der Waals surface area contributed by atoms with Gasteiger partial charge in [0.25, 0.3) is 0 Å². The number of nitrogens with one attached hydrogen (secondary N) is 2. The molecule has 0 aliphatic heterocycles. The van der Waals surface area contributed by atoms with E-state index >= 15 is 0 Å². The molecule has 9 heteroatoms. The van der Waals surface area contributed by atoms with Gasteiger partial charge in [0.1, 0.15) is 24.3 Å². The fourth-order valence-electron chi connectivity index (χ4n) is 4.45. The van der Waals surface area contributed by atoms with Crippen LogP contribution in [0.15, 0.2) is 48.5 Å². The third-order valence-electron chi connectivity index (χ3n) is 6.22. The predicted octanol–water partition coefficient (Wildman–Crippen LogP) is 4.24. The normalized spacial score (nSPS) is 14.2. The molecule has 2 aromatic carbocycles. The molecule has 0 bridgehead atoms. The molecule has 2 amide bonds. The Morgan fingerprint density at radius 3 is 1.97 bits per heavy atom. The lowest BCUT2D eigenvalue weighted by atomic mass is 9.98. The molecule has 0 spiro atoms. The lowest BCUT2D eigenvalue weighted by molar-refractivity contribution is -0.159. The molecule has 1 aliphatic carbocycles. The molecule has 1 unspecified atom stereocenters. The molecule has 0 heterocycles. The van der Waals surface area contributed by atoms with E-state index in [1.165, 1.54) is 0 Å². The number of carbonyl (C=O) groups excluding carboxylic acids is 3. The quantitative estimate of drug-likeness (QED) is 0.396. The van der Waals surface area contributed by atoms with E-state index < -0.39 is 41.6 Å². The minimum atomic E-state index is -1.18. The first kappa shape index (κ1) is 28.7. The molecule has 38 heavy (non-hydrogen) atoms. The van der Waals surface area contributed by atoms with Crippen molar-refractivity contribution in [1.82, 2.24) is 10.6 Å². The second-order valence-corrected chi connectivity index (χ2v) is 10.7. The Morgan fingerprint density at radius 1 is 0.921 bits per heavy atom. The smallest absolute Gasteiger partial charge is 0.407 e. The van der Waals surface area contributed by atoms with Crippen LogP contribution in [0.4, 0.5) is 4.79 Å². The van der Waals surface area contributed by atoms with Crippen LogP contribution in [-0.2, 0) is 23.9 Å². The SMILES string of the molecule is CC(C)C(NC(=O)OCC1c2ccccc2-c2ccccc21)C(=O)N[C@@H](CCC(=O)O)C(=O)OC(C)(C)C. The molecular formula is C29H36N2O7.